The number of likely N-dealkylation sites (tertiary alicyclic amines) is 1. The molecular weight excluding hydrogens is 1350 g/mol. The first-order chi connectivity index (χ1) is 52.5. The maximum atomic E-state index is 11.9. The molecule has 0 atom stereocenters. The second-order valence-electron chi connectivity index (χ2n) is 26.4. The Balaban J connectivity index is 0.000000129. The molecule has 0 aliphatic carbocycles. The molecule has 0 spiro atoms. The third-order valence-electron chi connectivity index (χ3n) is 19.7. The number of anilines is 2. The number of hydrogen-bond acceptors (Lipinski definition) is 19. The molecule has 538 valence electrons. The van der Waals surface area contributed by atoms with E-state index in [9.17, 15) is 30.2 Å². The Morgan fingerprint density at radius 3 is 1.45 bits per heavy atom. The van der Waals surface area contributed by atoms with Crippen molar-refractivity contribution in [1.29, 1.82) is 15.8 Å². The largest absolute Gasteiger partial charge is 0.489 e. The number of aromatic amines is 4. The summed E-state index contributed by atoms with van der Waals surface area (Å²) >= 11 is 0. The monoisotopic (exact) mass is 1430 g/mol. The Morgan fingerprint density at radius 2 is 0.963 bits per heavy atom. The number of fused-ring (bicyclic) bond motifs is 3. The number of ether oxygens (including phenoxy) is 5. The van der Waals surface area contributed by atoms with Crippen molar-refractivity contribution in [3.8, 4) is 103 Å². The van der Waals surface area contributed by atoms with Gasteiger partial charge in [-0.3, -0.25) is 29.3 Å². The van der Waals surface area contributed by atoms with Gasteiger partial charge >= 0.3 is 0 Å². The van der Waals surface area contributed by atoms with E-state index >= 15 is 0 Å². The number of hydroxylamine groups is 2. The van der Waals surface area contributed by atoms with Crippen LogP contribution in [0, 0.1) is 34.0 Å². The lowest BCUT2D eigenvalue weighted by molar-refractivity contribution is -0.150. The highest BCUT2D eigenvalue weighted by molar-refractivity contribution is 5.99. The van der Waals surface area contributed by atoms with Crippen LogP contribution in [-0.4, -0.2) is 171 Å². The topological polar surface area (TPSA) is 326 Å². The van der Waals surface area contributed by atoms with Crippen molar-refractivity contribution in [1.82, 2.24) is 49.8 Å². The number of amides is 2. The summed E-state index contributed by atoms with van der Waals surface area (Å²) in [5.41, 5.74) is 15.7. The quantitative estimate of drug-likeness (QED) is 0.0636. The van der Waals surface area contributed by atoms with Gasteiger partial charge in [0.15, 0.2) is 5.75 Å². The summed E-state index contributed by atoms with van der Waals surface area (Å²) in [4.78, 5) is 78.5. The van der Waals surface area contributed by atoms with Crippen molar-refractivity contribution in [2.45, 2.75) is 50.7 Å². The van der Waals surface area contributed by atoms with Gasteiger partial charge in [0.1, 0.15) is 54.3 Å². The molecule has 0 unspecified atom stereocenters. The van der Waals surface area contributed by atoms with Gasteiger partial charge in [0.05, 0.1) is 80.0 Å². The molecule has 5 fully saturated rings. The molecule has 2 amide bonds. The lowest BCUT2D eigenvalue weighted by atomic mass is 10.0. The van der Waals surface area contributed by atoms with Gasteiger partial charge in [-0.05, 0) is 133 Å². The lowest BCUT2D eigenvalue weighted by Crippen LogP contribution is -2.42. The van der Waals surface area contributed by atoms with Crippen molar-refractivity contribution in [3.63, 3.8) is 0 Å². The summed E-state index contributed by atoms with van der Waals surface area (Å²) in [6, 6.07) is 51.1. The molecule has 25 nitrogen and oxygen atoms in total. The van der Waals surface area contributed by atoms with Gasteiger partial charge in [0, 0.05) is 192 Å². The Kier molecular flexibility index (Phi) is 21.0. The number of nitrogens with zero attached hydrogens (tertiary/aromatic N) is 11. The fourth-order valence-corrected chi connectivity index (χ4v) is 14.0. The molecule has 0 bridgehead atoms. The van der Waals surface area contributed by atoms with Gasteiger partial charge in [-0.2, -0.15) is 20.8 Å². The van der Waals surface area contributed by atoms with Gasteiger partial charge in [-0.25, -0.2) is 4.98 Å². The van der Waals surface area contributed by atoms with Crippen LogP contribution >= 0.6 is 0 Å². The number of carbonyl (C=O) groups is 2. The van der Waals surface area contributed by atoms with E-state index in [-0.39, 0.29) is 29.6 Å². The van der Waals surface area contributed by atoms with E-state index in [4.69, 9.17) is 33.6 Å². The van der Waals surface area contributed by atoms with E-state index in [1.54, 1.807) is 47.9 Å². The predicted molar refractivity (Wildman–Crippen MR) is 403 cm³/mol. The number of H-pyrrole nitrogens is 4. The van der Waals surface area contributed by atoms with Crippen molar-refractivity contribution in [3.05, 3.63) is 198 Å². The molecule has 5 aliphatic rings. The van der Waals surface area contributed by atoms with Crippen molar-refractivity contribution >= 4 is 56.0 Å². The second-order valence-corrected chi connectivity index (χ2v) is 26.4. The normalized spacial score (nSPS) is 15.6. The number of rotatable bonds is 15. The maximum absolute atomic E-state index is 11.9. The minimum atomic E-state index is -0.479. The number of pyridine rings is 5. The van der Waals surface area contributed by atoms with E-state index in [1.165, 1.54) is 16.8 Å². The Bertz CT molecular complexity index is 5390. The van der Waals surface area contributed by atoms with Crippen LogP contribution in [0.4, 0.5) is 11.5 Å². The third-order valence-corrected chi connectivity index (χ3v) is 19.7. The highest BCUT2D eigenvalue weighted by Crippen LogP contribution is 2.38. The van der Waals surface area contributed by atoms with Crippen molar-refractivity contribution in [2.24, 2.45) is 0 Å². The molecule has 12 aromatic rings. The molecule has 5 N–H and O–H groups in total. The Labute approximate surface area is 615 Å². The number of aliphatic hydroxyl groups is 1. The molecule has 0 radical (unpaired) electrons. The standard InChI is InChI=1S/C30H30N6O4.C28H25N5O3.C24H20N4O3/c31-17-22-15-20(1-3-27(22)40-23-6-9-36(10-7-23)29(38)19-37)30-24-16-26(34-25(24)5-8-32-30)21-2-4-28(33-18-21)35-11-13-39-14-12-35;29-18-21-16-20(5-8-26(21)36-33-11-1-2-27(33)34)28-23-17-25(31-24(23)9-10-30-28)19-3-6-22(7-4-19)32-12-14-35-15-13-32;25-13-17-11-15(1-3-22(17)31-18-6-9-30-10-7-18)24-19-12-21(28-20(19)5-8-26-24)16-2-4-23(29)27-14-16/h1-5,8,15-16,18,23,34,37H,6-7,9-14,19H2;3-10,16-17,31H,1-2,11-15H2;1-5,8,11-12,14,18,28H,6-7,9-10H2,(H,27,29). The first-order valence-electron chi connectivity index (χ1n) is 35.8. The zero-order chi connectivity index (χ0) is 73.2. The van der Waals surface area contributed by atoms with Gasteiger partial charge in [0.2, 0.25) is 11.5 Å². The molecule has 0 saturated carbocycles. The summed E-state index contributed by atoms with van der Waals surface area (Å²) in [6.45, 7) is 8.92. The second kappa shape index (κ2) is 32.1. The average molecular weight is 1430 g/mol. The van der Waals surface area contributed by atoms with Crippen molar-refractivity contribution < 1.29 is 43.2 Å². The number of hydrogen-bond donors (Lipinski definition) is 5. The molecule has 8 aromatic heterocycles. The fraction of sp³-hybridized carbons (Fsp3) is 0.268. The number of aromatic nitrogens is 8. The van der Waals surface area contributed by atoms with Crippen molar-refractivity contribution in [2.75, 3.05) is 102 Å². The number of benzene rings is 4. The van der Waals surface area contributed by atoms with E-state index in [0.717, 1.165) is 178 Å². The molecule has 13 heterocycles. The molecule has 5 aliphatic heterocycles. The first-order valence-corrected chi connectivity index (χ1v) is 35.8. The number of nitriles is 3. The van der Waals surface area contributed by atoms with Crippen LogP contribution in [0.5, 0.6) is 17.2 Å². The van der Waals surface area contributed by atoms with Gasteiger partial charge < -0.3 is 68.3 Å². The van der Waals surface area contributed by atoms with Crippen LogP contribution in [0.15, 0.2) is 175 Å². The number of nitrogens with one attached hydrogen (secondary N) is 4. The van der Waals surface area contributed by atoms with Crippen LogP contribution in [0.25, 0.3) is 100 Å². The Hall–Kier alpha value is -12.7. The van der Waals surface area contributed by atoms with Crippen LogP contribution in [0.2, 0.25) is 0 Å². The summed E-state index contributed by atoms with van der Waals surface area (Å²) in [5, 5.41) is 42.6. The summed E-state index contributed by atoms with van der Waals surface area (Å²) in [7, 11) is 0. The maximum Gasteiger partial charge on any atom is 0.255 e. The predicted octanol–water partition coefficient (Wildman–Crippen LogP) is 11.9. The molecule has 5 saturated heterocycles. The van der Waals surface area contributed by atoms with Gasteiger partial charge in [-0.15, -0.1) is 0 Å². The summed E-state index contributed by atoms with van der Waals surface area (Å²) < 4.78 is 28.5. The van der Waals surface area contributed by atoms with Crippen LogP contribution < -0.4 is 29.7 Å². The van der Waals surface area contributed by atoms with Gasteiger partial charge in [-0.1, -0.05) is 12.1 Å². The third kappa shape index (κ3) is 15.7. The number of aliphatic hydroxyl groups excluding tert-OH is 1. The molecule has 25 heteroatoms. The summed E-state index contributed by atoms with van der Waals surface area (Å²) in [5.74, 6) is 2.10. The number of morpholine rings is 2. The number of carbonyl (C=O) groups excluding carboxylic acids is 2. The summed E-state index contributed by atoms with van der Waals surface area (Å²) in [6.07, 6.45) is 13.0. The minimum absolute atomic E-state index is 0.0627. The number of piperidine rings is 1. The van der Waals surface area contributed by atoms with Gasteiger partial charge in [0.25, 0.3) is 5.91 Å². The van der Waals surface area contributed by atoms with E-state index in [1.807, 2.05) is 79.0 Å². The van der Waals surface area contributed by atoms with E-state index in [0.29, 0.717) is 86.0 Å². The van der Waals surface area contributed by atoms with Crippen LogP contribution in [-0.2, 0) is 23.8 Å². The molecule has 17 rings (SSSR count). The zero-order valence-corrected chi connectivity index (χ0v) is 58.5. The minimum Gasteiger partial charge on any atom is -0.489 e. The van der Waals surface area contributed by atoms with E-state index in [2.05, 4.69) is 110 Å². The lowest BCUT2D eigenvalue weighted by Gasteiger charge is -2.32. The Morgan fingerprint density at radius 1 is 0.495 bits per heavy atom. The SMILES string of the molecule is N#Cc1cc(-c2nccc3[nH]c(-c4ccc(=O)[nH]c4)cc23)ccc1OC1CCOCC1.N#Cc1cc(-c2nccc3[nH]c(-c4ccc(N5CCOCC5)cc4)cc23)ccc1ON1CCCC1=O.N#Cc1cc(-c2nccc3[nH]c(-c4ccc(N5CCOCC5)nc4)cc23)ccc1OC1CCN(C(=O)CO)CC1. The fourth-order valence-electron chi connectivity index (χ4n) is 14.0. The highest BCUT2D eigenvalue weighted by Gasteiger charge is 2.27. The molecular formula is C82H75N15O10. The average Bonchev–Trinajstić information content (AvgIpc) is 1.67. The molecule has 107 heavy (non-hydrogen) atoms. The highest BCUT2D eigenvalue weighted by atomic mass is 16.7. The zero-order valence-electron chi connectivity index (χ0n) is 58.5. The van der Waals surface area contributed by atoms with Crippen LogP contribution in [0.3, 0.4) is 0 Å². The smallest absolute Gasteiger partial charge is 0.255 e. The molecule has 4 aromatic carbocycles. The van der Waals surface area contributed by atoms with Crippen LogP contribution in [0.1, 0.15) is 55.2 Å². The first kappa shape index (κ1) is 70.0. The van der Waals surface area contributed by atoms with E-state index < -0.39 is 6.61 Å².